The van der Waals surface area contributed by atoms with E-state index in [9.17, 15) is 4.79 Å². The predicted molar refractivity (Wildman–Crippen MR) is 90.1 cm³/mol. The zero-order valence-corrected chi connectivity index (χ0v) is 14.0. The summed E-state index contributed by atoms with van der Waals surface area (Å²) in [5.74, 6) is 0.470. The molecule has 20 heavy (non-hydrogen) atoms. The minimum Gasteiger partial charge on any atom is -0.300 e. The number of hydrogen-bond donors (Lipinski definition) is 0. The Labute approximate surface area is 127 Å². The first kappa shape index (κ1) is 19.4. The molecule has 0 aliphatic heterocycles. The fourth-order valence-electron chi connectivity index (χ4n) is 2.39. The predicted octanol–water partition coefficient (Wildman–Crippen LogP) is 6.61. The Morgan fingerprint density at radius 2 is 1.15 bits per heavy atom. The first-order chi connectivity index (χ1) is 9.81. The number of allylic oxidation sites excluding steroid dienone is 2. The Morgan fingerprint density at radius 1 is 0.650 bits per heavy atom. The molecule has 0 aliphatic carbocycles. The van der Waals surface area contributed by atoms with Crippen LogP contribution in [0.1, 0.15) is 104 Å². The molecule has 0 bridgehead atoms. The molecule has 0 aromatic carbocycles. The van der Waals surface area contributed by atoms with Gasteiger partial charge < -0.3 is 0 Å². The smallest absolute Gasteiger partial charge is 0.132 e. The maximum atomic E-state index is 11.7. The van der Waals surface area contributed by atoms with Gasteiger partial charge in [-0.2, -0.15) is 0 Å². The van der Waals surface area contributed by atoms with Crippen molar-refractivity contribution >= 4 is 5.78 Å². The summed E-state index contributed by atoms with van der Waals surface area (Å²) in [6, 6.07) is 0. The van der Waals surface area contributed by atoms with Gasteiger partial charge in [-0.3, -0.25) is 4.79 Å². The lowest BCUT2D eigenvalue weighted by molar-refractivity contribution is -0.119. The van der Waals surface area contributed by atoms with E-state index in [0.29, 0.717) is 5.78 Å². The summed E-state index contributed by atoms with van der Waals surface area (Å²) in [6.07, 6.45) is 21.1. The lowest BCUT2D eigenvalue weighted by atomic mass is 10.1. The Balaban J connectivity index is 3.24. The molecular formula is C19H36O. The Kier molecular flexibility index (Phi) is 16.0. The second-order valence-electron chi connectivity index (χ2n) is 5.92. The average molecular weight is 280 g/mol. The summed E-state index contributed by atoms with van der Waals surface area (Å²) in [7, 11) is 0. The minimum atomic E-state index is 0.470. The van der Waals surface area contributed by atoms with E-state index in [2.05, 4.69) is 26.0 Å². The summed E-state index contributed by atoms with van der Waals surface area (Å²) < 4.78 is 0. The van der Waals surface area contributed by atoms with Crippen molar-refractivity contribution < 1.29 is 4.79 Å². The molecule has 0 aromatic heterocycles. The zero-order chi connectivity index (χ0) is 14.9. The third-order valence-electron chi connectivity index (χ3n) is 3.78. The largest absolute Gasteiger partial charge is 0.300 e. The SMILES string of the molecule is CCCCCC/C=C\CCCC(=O)CCCCCCC. The van der Waals surface area contributed by atoms with Crippen molar-refractivity contribution in [2.24, 2.45) is 0 Å². The van der Waals surface area contributed by atoms with Gasteiger partial charge in [-0.15, -0.1) is 0 Å². The third kappa shape index (κ3) is 15.5. The molecule has 118 valence electrons. The number of carbonyl (C=O) groups is 1. The fraction of sp³-hybridized carbons (Fsp3) is 0.842. The van der Waals surface area contributed by atoms with Gasteiger partial charge >= 0.3 is 0 Å². The third-order valence-corrected chi connectivity index (χ3v) is 3.78. The summed E-state index contributed by atoms with van der Waals surface area (Å²) in [4.78, 5) is 11.7. The topological polar surface area (TPSA) is 17.1 Å². The number of ketones is 1. The number of rotatable bonds is 15. The number of carbonyl (C=O) groups excluding carboxylic acids is 1. The molecule has 0 amide bonds. The van der Waals surface area contributed by atoms with Crippen molar-refractivity contribution in [1.29, 1.82) is 0 Å². The van der Waals surface area contributed by atoms with Gasteiger partial charge in [0.05, 0.1) is 0 Å². The van der Waals surface area contributed by atoms with Gasteiger partial charge in [-0.1, -0.05) is 70.9 Å². The minimum absolute atomic E-state index is 0.470. The number of unbranched alkanes of at least 4 members (excludes halogenated alkanes) is 9. The van der Waals surface area contributed by atoms with E-state index in [-0.39, 0.29) is 0 Å². The van der Waals surface area contributed by atoms with E-state index in [1.807, 2.05) is 0 Å². The molecule has 0 fully saturated rings. The molecule has 0 heterocycles. The molecule has 0 atom stereocenters. The highest BCUT2D eigenvalue weighted by atomic mass is 16.1. The molecule has 1 nitrogen and oxygen atoms in total. The normalized spacial score (nSPS) is 11.3. The summed E-state index contributed by atoms with van der Waals surface area (Å²) in [5, 5.41) is 0. The molecular weight excluding hydrogens is 244 g/mol. The molecule has 0 aromatic rings. The standard InChI is InChI=1S/C19H36O/c1-3-5-7-9-10-11-12-14-16-18-19(20)17-15-13-8-6-4-2/h11-12H,3-10,13-18H2,1-2H3/b12-11-. The number of hydrogen-bond acceptors (Lipinski definition) is 1. The molecule has 0 rings (SSSR count). The van der Waals surface area contributed by atoms with Gasteiger partial charge in [0.2, 0.25) is 0 Å². The van der Waals surface area contributed by atoms with E-state index in [1.165, 1.54) is 57.8 Å². The molecule has 0 aliphatic rings. The Hall–Kier alpha value is -0.590. The van der Waals surface area contributed by atoms with Gasteiger partial charge in [0, 0.05) is 12.8 Å². The van der Waals surface area contributed by atoms with E-state index in [4.69, 9.17) is 0 Å². The summed E-state index contributed by atoms with van der Waals surface area (Å²) >= 11 is 0. The van der Waals surface area contributed by atoms with Crippen molar-refractivity contribution in [2.45, 2.75) is 104 Å². The van der Waals surface area contributed by atoms with Gasteiger partial charge in [-0.05, 0) is 32.1 Å². The first-order valence-electron chi connectivity index (χ1n) is 8.98. The summed E-state index contributed by atoms with van der Waals surface area (Å²) in [5.41, 5.74) is 0. The van der Waals surface area contributed by atoms with Crippen molar-refractivity contribution in [3.05, 3.63) is 12.2 Å². The maximum Gasteiger partial charge on any atom is 0.132 e. The fourth-order valence-corrected chi connectivity index (χ4v) is 2.39. The zero-order valence-electron chi connectivity index (χ0n) is 14.0. The molecule has 0 radical (unpaired) electrons. The van der Waals surface area contributed by atoms with Crippen LogP contribution in [0.25, 0.3) is 0 Å². The lowest BCUT2D eigenvalue weighted by Gasteiger charge is -2.00. The maximum absolute atomic E-state index is 11.7. The van der Waals surface area contributed by atoms with E-state index in [1.54, 1.807) is 0 Å². The monoisotopic (exact) mass is 280 g/mol. The van der Waals surface area contributed by atoms with Crippen LogP contribution in [-0.2, 0) is 4.79 Å². The Morgan fingerprint density at radius 3 is 1.80 bits per heavy atom. The lowest BCUT2D eigenvalue weighted by Crippen LogP contribution is -1.97. The highest BCUT2D eigenvalue weighted by molar-refractivity contribution is 5.78. The van der Waals surface area contributed by atoms with Crippen molar-refractivity contribution in [1.82, 2.24) is 0 Å². The van der Waals surface area contributed by atoms with E-state index in [0.717, 1.165) is 32.1 Å². The molecule has 0 saturated heterocycles. The highest BCUT2D eigenvalue weighted by Crippen LogP contribution is 2.09. The quantitative estimate of drug-likeness (QED) is 0.243. The van der Waals surface area contributed by atoms with Gasteiger partial charge in [0.15, 0.2) is 0 Å². The second kappa shape index (κ2) is 16.5. The van der Waals surface area contributed by atoms with Gasteiger partial charge in [-0.25, -0.2) is 0 Å². The average Bonchev–Trinajstić information content (AvgIpc) is 2.45. The van der Waals surface area contributed by atoms with Crippen LogP contribution in [0.3, 0.4) is 0 Å². The van der Waals surface area contributed by atoms with Crippen LogP contribution >= 0.6 is 0 Å². The molecule has 0 spiro atoms. The van der Waals surface area contributed by atoms with E-state index >= 15 is 0 Å². The van der Waals surface area contributed by atoms with Crippen LogP contribution in [0, 0.1) is 0 Å². The van der Waals surface area contributed by atoms with Crippen LogP contribution in [0.2, 0.25) is 0 Å². The first-order valence-corrected chi connectivity index (χ1v) is 8.98. The van der Waals surface area contributed by atoms with Crippen LogP contribution in [-0.4, -0.2) is 5.78 Å². The van der Waals surface area contributed by atoms with Gasteiger partial charge in [0.25, 0.3) is 0 Å². The van der Waals surface area contributed by atoms with Crippen molar-refractivity contribution in [2.75, 3.05) is 0 Å². The Bertz CT molecular complexity index is 230. The van der Waals surface area contributed by atoms with Crippen LogP contribution < -0.4 is 0 Å². The molecule has 0 unspecified atom stereocenters. The van der Waals surface area contributed by atoms with Crippen molar-refractivity contribution in [3.8, 4) is 0 Å². The van der Waals surface area contributed by atoms with Crippen LogP contribution in [0.5, 0.6) is 0 Å². The molecule has 0 N–H and O–H groups in total. The highest BCUT2D eigenvalue weighted by Gasteiger charge is 2.00. The van der Waals surface area contributed by atoms with Crippen LogP contribution in [0.15, 0.2) is 12.2 Å². The second-order valence-corrected chi connectivity index (χ2v) is 5.92. The van der Waals surface area contributed by atoms with Gasteiger partial charge in [0.1, 0.15) is 5.78 Å². The van der Waals surface area contributed by atoms with E-state index < -0.39 is 0 Å². The number of Topliss-reactive ketones (excluding diaryl/α,β-unsaturated/α-hetero) is 1. The molecule has 0 saturated carbocycles. The van der Waals surface area contributed by atoms with Crippen molar-refractivity contribution in [3.63, 3.8) is 0 Å². The van der Waals surface area contributed by atoms with Crippen LogP contribution in [0.4, 0.5) is 0 Å². The summed E-state index contributed by atoms with van der Waals surface area (Å²) in [6.45, 7) is 4.47. The molecule has 1 heteroatoms.